The molecule has 2 fully saturated rings. The first kappa shape index (κ1) is 35.1. The van der Waals surface area contributed by atoms with Crippen molar-refractivity contribution in [2.24, 2.45) is 11.3 Å². The van der Waals surface area contributed by atoms with Crippen LogP contribution in [0.3, 0.4) is 0 Å². The van der Waals surface area contributed by atoms with E-state index >= 15 is 17.6 Å². The molecule has 1 saturated carbocycles. The largest absolute Gasteiger partial charge is 0.432 e. The molecule has 0 spiro atoms. The highest BCUT2D eigenvalue weighted by Crippen LogP contribution is 2.46. The number of alkyl halides is 2. The molecule has 0 radical (unpaired) electrons. The minimum atomic E-state index is -4.57. The SMILES string of the molecule is CCCCCC1(C)COC(O)(C2CCC(c3cc(F)c(C(F)(F)Oc4ccc(-c5cc(F)c(F)c(F)c5)c(F)c4)c(F)c3)CC2)OC1. The predicted octanol–water partition coefficient (Wildman–Crippen LogP) is 9.87. The number of ether oxygens (including phenoxy) is 3. The number of halogens is 8. The van der Waals surface area contributed by atoms with Gasteiger partial charge < -0.3 is 19.3 Å². The molecule has 256 valence electrons. The summed E-state index contributed by atoms with van der Waals surface area (Å²) in [5.74, 6) is -12.7. The maximum absolute atomic E-state index is 15.1. The molecule has 0 bridgehead atoms. The van der Waals surface area contributed by atoms with Crippen molar-refractivity contribution in [1.29, 1.82) is 0 Å². The maximum Gasteiger partial charge on any atom is 0.432 e. The fraction of sp³-hybridized carbons (Fsp3) is 0.486. The summed E-state index contributed by atoms with van der Waals surface area (Å²) in [5, 5.41) is 11.1. The lowest BCUT2D eigenvalue weighted by molar-refractivity contribution is -0.427. The summed E-state index contributed by atoms with van der Waals surface area (Å²) in [4.78, 5) is 0. The van der Waals surface area contributed by atoms with Crippen LogP contribution < -0.4 is 4.74 Å². The Kier molecular flexibility index (Phi) is 10.2. The van der Waals surface area contributed by atoms with Gasteiger partial charge in [-0.2, -0.15) is 8.78 Å². The third-order valence-electron chi connectivity index (χ3n) is 9.19. The minimum Gasteiger partial charge on any atom is -0.429 e. The Hall–Kier alpha value is -3.22. The molecule has 0 unspecified atom stereocenters. The Labute approximate surface area is 267 Å². The van der Waals surface area contributed by atoms with Crippen molar-refractivity contribution in [2.45, 2.75) is 83.2 Å². The van der Waals surface area contributed by atoms with E-state index in [0.717, 1.165) is 49.9 Å². The molecule has 4 nitrogen and oxygen atoms in total. The van der Waals surface area contributed by atoms with Crippen molar-refractivity contribution in [1.82, 2.24) is 0 Å². The van der Waals surface area contributed by atoms with Crippen LogP contribution in [0.25, 0.3) is 11.1 Å². The highest BCUT2D eigenvalue weighted by atomic mass is 19.3. The van der Waals surface area contributed by atoms with Crippen LogP contribution in [-0.4, -0.2) is 24.3 Å². The molecule has 5 rings (SSSR count). The second-order valence-electron chi connectivity index (χ2n) is 12.9. The highest BCUT2D eigenvalue weighted by Gasteiger charge is 2.48. The molecule has 0 amide bonds. The fourth-order valence-corrected chi connectivity index (χ4v) is 6.42. The summed E-state index contributed by atoms with van der Waals surface area (Å²) in [6.07, 6.45) is 1.17. The molecule has 1 aliphatic heterocycles. The van der Waals surface area contributed by atoms with Crippen LogP contribution in [-0.2, 0) is 15.6 Å². The molecule has 0 aromatic heterocycles. The smallest absolute Gasteiger partial charge is 0.429 e. The summed E-state index contributed by atoms with van der Waals surface area (Å²) in [7, 11) is 0. The zero-order valence-corrected chi connectivity index (χ0v) is 26.0. The quantitative estimate of drug-likeness (QED) is 0.132. The summed E-state index contributed by atoms with van der Waals surface area (Å²) in [6, 6.07) is 4.78. The third-order valence-corrected chi connectivity index (χ3v) is 9.19. The number of aliphatic hydroxyl groups is 1. The molecule has 3 aromatic carbocycles. The molecular formula is C35H36F8O4. The van der Waals surface area contributed by atoms with E-state index in [2.05, 4.69) is 18.6 Å². The Bertz CT molecular complexity index is 1530. The van der Waals surface area contributed by atoms with E-state index < -0.39 is 69.4 Å². The fourth-order valence-electron chi connectivity index (χ4n) is 6.42. The first-order chi connectivity index (χ1) is 22.1. The first-order valence-electron chi connectivity index (χ1n) is 15.7. The Balaban J connectivity index is 1.23. The number of hydrogen-bond donors (Lipinski definition) is 1. The molecular weight excluding hydrogens is 636 g/mol. The van der Waals surface area contributed by atoms with Crippen LogP contribution in [0.2, 0.25) is 0 Å². The lowest BCUT2D eigenvalue weighted by Gasteiger charge is -2.46. The van der Waals surface area contributed by atoms with Crippen molar-refractivity contribution < 1.29 is 54.4 Å². The minimum absolute atomic E-state index is 0.160. The lowest BCUT2D eigenvalue weighted by Crippen LogP contribution is -2.53. The number of rotatable bonds is 10. The van der Waals surface area contributed by atoms with Crippen LogP contribution in [0.4, 0.5) is 35.1 Å². The number of hydrogen-bond acceptors (Lipinski definition) is 4. The highest BCUT2D eigenvalue weighted by molar-refractivity contribution is 5.65. The second-order valence-corrected chi connectivity index (χ2v) is 12.9. The van der Waals surface area contributed by atoms with E-state index in [1.54, 1.807) is 0 Å². The van der Waals surface area contributed by atoms with Crippen molar-refractivity contribution in [3.05, 3.63) is 88.5 Å². The molecule has 3 aromatic rings. The van der Waals surface area contributed by atoms with Gasteiger partial charge in [0.1, 0.15) is 28.8 Å². The van der Waals surface area contributed by atoms with Crippen LogP contribution in [0.1, 0.15) is 82.3 Å². The van der Waals surface area contributed by atoms with Crippen molar-refractivity contribution in [2.75, 3.05) is 13.2 Å². The van der Waals surface area contributed by atoms with Crippen LogP contribution in [0.15, 0.2) is 42.5 Å². The average molecular weight is 673 g/mol. The molecule has 1 aliphatic carbocycles. The van der Waals surface area contributed by atoms with Gasteiger partial charge in [-0.25, -0.2) is 26.3 Å². The Morgan fingerprint density at radius 1 is 0.809 bits per heavy atom. The van der Waals surface area contributed by atoms with Gasteiger partial charge in [-0.1, -0.05) is 33.1 Å². The topological polar surface area (TPSA) is 47.9 Å². The monoisotopic (exact) mass is 672 g/mol. The Morgan fingerprint density at radius 2 is 1.40 bits per heavy atom. The van der Waals surface area contributed by atoms with Gasteiger partial charge in [-0.05, 0) is 85.5 Å². The van der Waals surface area contributed by atoms with Crippen molar-refractivity contribution >= 4 is 0 Å². The van der Waals surface area contributed by atoms with E-state index in [1.165, 1.54) is 0 Å². The molecule has 0 atom stereocenters. The molecule has 2 aliphatic rings. The van der Waals surface area contributed by atoms with Gasteiger partial charge in [0.05, 0.1) is 13.2 Å². The molecule has 47 heavy (non-hydrogen) atoms. The Morgan fingerprint density at radius 3 is 1.96 bits per heavy atom. The molecule has 12 heteroatoms. The molecule has 1 heterocycles. The number of benzene rings is 3. The van der Waals surface area contributed by atoms with Crippen LogP contribution in [0.5, 0.6) is 5.75 Å². The van der Waals surface area contributed by atoms with E-state index in [0.29, 0.717) is 57.1 Å². The van der Waals surface area contributed by atoms with Gasteiger partial charge in [0, 0.05) is 23.0 Å². The maximum atomic E-state index is 15.1. The van der Waals surface area contributed by atoms with Gasteiger partial charge in [0.2, 0.25) is 0 Å². The van der Waals surface area contributed by atoms with E-state index in [1.807, 2.05) is 0 Å². The van der Waals surface area contributed by atoms with E-state index in [4.69, 9.17) is 9.47 Å². The summed E-state index contributed by atoms with van der Waals surface area (Å²) in [6.45, 7) is 4.85. The van der Waals surface area contributed by atoms with E-state index in [9.17, 15) is 22.7 Å². The van der Waals surface area contributed by atoms with Gasteiger partial charge in [0.15, 0.2) is 17.5 Å². The van der Waals surface area contributed by atoms with Gasteiger partial charge in [0.25, 0.3) is 5.97 Å². The third kappa shape index (κ3) is 7.60. The lowest BCUT2D eigenvalue weighted by atomic mass is 9.77. The van der Waals surface area contributed by atoms with Gasteiger partial charge in [-0.15, -0.1) is 0 Å². The van der Waals surface area contributed by atoms with Gasteiger partial charge in [-0.3, -0.25) is 0 Å². The predicted molar refractivity (Wildman–Crippen MR) is 156 cm³/mol. The van der Waals surface area contributed by atoms with Crippen molar-refractivity contribution in [3.63, 3.8) is 0 Å². The summed E-state index contributed by atoms with van der Waals surface area (Å²) >= 11 is 0. The zero-order valence-electron chi connectivity index (χ0n) is 26.0. The van der Waals surface area contributed by atoms with Crippen LogP contribution in [0, 0.1) is 46.2 Å². The molecule has 1 saturated heterocycles. The average Bonchev–Trinajstić information content (AvgIpc) is 3.01. The second kappa shape index (κ2) is 13.7. The normalized spacial score (nSPS) is 25.2. The van der Waals surface area contributed by atoms with Gasteiger partial charge >= 0.3 is 6.11 Å². The number of unbranched alkanes of at least 4 members (excludes halogenated alkanes) is 2. The first-order valence-corrected chi connectivity index (χ1v) is 15.7. The molecule has 1 N–H and O–H groups in total. The summed E-state index contributed by atoms with van der Waals surface area (Å²) in [5.41, 5.74) is -2.59. The van der Waals surface area contributed by atoms with Crippen LogP contribution >= 0.6 is 0 Å². The summed E-state index contributed by atoms with van der Waals surface area (Å²) < 4.78 is 132. The zero-order chi connectivity index (χ0) is 34.1. The standard InChI is InChI=1S/C35H36F8O4/c1-3-4-5-12-33(2)18-45-35(44,46-19-33)23-8-6-20(7-9-23)21-13-27(37)31(28(38)14-21)34(42,43)47-24-10-11-25(26(36)17-24)22-15-29(39)32(41)30(40)16-22/h10-11,13-17,20,23,44H,3-9,12,18-19H2,1-2H3. The van der Waals surface area contributed by atoms with Crippen molar-refractivity contribution in [3.8, 4) is 16.9 Å². The van der Waals surface area contributed by atoms with E-state index in [-0.39, 0.29) is 22.8 Å².